The highest BCUT2D eigenvalue weighted by atomic mass is 19.4. The Balaban J connectivity index is 1.71. The number of pyridine rings is 1. The van der Waals surface area contributed by atoms with Crippen LogP contribution in [-0.4, -0.2) is 39.9 Å². The molecule has 0 saturated heterocycles. The number of hydrogen-bond acceptors (Lipinski definition) is 4. The molecule has 0 saturated carbocycles. The molecule has 0 atom stereocenters. The molecule has 3 aromatic rings. The van der Waals surface area contributed by atoms with Crippen LogP contribution in [0.15, 0.2) is 47.6 Å². The number of aromatic nitrogens is 3. The van der Waals surface area contributed by atoms with Gasteiger partial charge in [-0.2, -0.15) is 13.2 Å². The highest BCUT2D eigenvalue weighted by molar-refractivity contribution is 5.79. The molecule has 0 spiro atoms. The molecule has 10 heteroatoms. The molecule has 7 nitrogen and oxygen atoms in total. The highest BCUT2D eigenvalue weighted by Crippen LogP contribution is 2.24. The third-order valence-corrected chi connectivity index (χ3v) is 4.16. The van der Waals surface area contributed by atoms with Crippen LogP contribution in [0.5, 0.6) is 5.75 Å². The largest absolute Gasteiger partial charge is 0.484 e. The lowest BCUT2D eigenvalue weighted by Gasteiger charge is -2.14. The van der Waals surface area contributed by atoms with Gasteiger partial charge in [0.05, 0.1) is 13.1 Å². The first kappa shape index (κ1) is 21.4. The first-order valence-corrected chi connectivity index (χ1v) is 9.45. The van der Waals surface area contributed by atoms with Gasteiger partial charge < -0.3 is 15.4 Å². The van der Waals surface area contributed by atoms with Crippen molar-refractivity contribution in [3.63, 3.8) is 0 Å². The molecular weight excluding hydrogens is 397 g/mol. The molecule has 0 amide bonds. The average Bonchev–Trinajstić information content (AvgIpc) is 3.12. The molecule has 160 valence electrons. The summed E-state index contributed by atoms with van der Waals surface area (Å²) >= 11 is 0. The standard InChI is InChI=1S/C20H23F3N6O/c1-3-24-19(26-12-18-28-27-17-6-4-5-9-29(17)18)25-11-15-8-7-14(2)10-16(15)30-13-20(21,22)23/h4-10H,3,11-13H2,1-2H3,(H2,24,25,26). The summed E-state index contributed by atoms with van der Waals surface area (Å²) in [5.41, 5.74) is 2.11. The lowest BCUT2D eigenvalue weighted by Crippen LogP contribution is -2.37. The van der Waals surface area contributed by atoms with Gasteiger partial charge >= 0.3 is 6.18 Å². The number of aryl methyl sites for hydroxylation is 1. The van der Waals surface area contributed by atoms with Crippen LogP contribution in [0.25, 0.3) is 5.65 Å². The van der Waals surface area contributed by atoms with Gasteiger partial charge in [0.15, 0.2) is 24.0 Å². The van der Waals surface area contributed by atoms with Crippen molar-refractivity contribution in [1.82, 2.24) is 25.2 Å². The Morgan fingerprint density at radius 3 is 2.77 bits per heavy atom. The fraction of sp³-hybridized carbons (Fsp3) is 0.350. The second kappa shape index (κ2) is 9.47. The van der Waals surface area contributed by atoms with Crippen LogP contribution in [0.4, 0.5) is 13.2 Å². The molecule has 2 heterocycles. The van der Waals surface area contributed by atoms with Crippen LogP contribution < -0.4 is 15.4 Å². The van der Waals surface area contributed by atoms with Crippen molar-refractivity contribution in [3.05, 3.63) is 59.5 Å². The summed E-state index contributed by atoms with van der Waals surface area (Å²) in [5.74, 6) is 1.39. The number of guanidine groups is 1. The number of benzene rings is 1. The van der Waals surface area contributed by atoms with Crippen molar-refractivity contribution >= 4 is 11.6 Å². The first-order valence-electron chi connectivity index (χ1n) is 9.45. The van der Waals surface area contributed by atoms with E-state index in [2.05, 4.69) is 25.8 Å². The third-order valence-electron chi connectivity index (χ3n) is 4.16. The lowest BCUT2D eigenvalue weighted by atomic mass is 10.1. The molecule has 30 heavy (non-hydrogen) atoms. The molecule has 0 fully saturated rings. The summed E-state index contributed by atoms with van der Waals surface area (Å²) in [7, 11) is 0. The fourth-order valence-electron chi connectivity index (χ4n) is 2.77. The predicted molar refractivity (Wildman–Crippen MR) is 107 cm³/mol. The average molecular weight is 420 g/mol. The Kier molecular flexibility index (Phi) is 6.76. The van der Waals surface area contributed by atoms with E-state index in [0.29, 0.717) is 30.4 Å². The topological polar surface area (TPSA) is 75.8 Å². The minimum absolute atomic E-state index is 0.156. The Labute approximate surface area is 172 Å². The van der Waals surface area contributed by atoms with Gasteiger partial charge in [0.2, 0.25) is 0 Å². The van der Waals surface area contributed by atoms with E-state index < -0.39 is 12.8 Å². The Hall–Kier alpha value is -3.30. The SMILES string of the molecule is CCNC(=NCc1ccc(C)cc1OCC(F)(F)F)NCc1nnc2ccccn12. The molecule has 0 unspecified atom stereocenters. The summed E-state index contributed by atoms with van der Waals surface area (Å²) in [6.07, 6.45) is -2.53. The van der Waals surface area contributed by atoms with E-state index >= 15 is 0 Å². The van der Waals surface area contributed by atoms with Gasteiger partial charge in [-0.3, -0.25) is 4.40 Å². The van der Waals surface area contributed by atoms with Crippen LogP contribution in [0.3, 0.4) is 0 Å². The molecule has 0 aliphatic rings. The van der Waals surface area contributed by atoms with E-state index in [1.54, 1.807) is 19.1 Å². The number of nitrogens with one attached hydrogen (secondary N) is 2. The first-order chi connectivity index (χ1) is 14.4. The lowest BCUT2D eigenvalue weighted by molar-refractivity contribution is -0.153. The van der Waals surface area contributed by atoms with Crippen LogP contribution in [0.2, 0.25) is 0 Å². The second-order valence-corrected chi connectivity index (χ2v) is 6.61. The maximum Gasteiger partial charge on any atom is 0.422 e. The number of alkyl halides is 3. The Morgan fingerprint density at radius 2 is 2.00 bits per heavy atom. The van der Waals surface area contributed by atoms with Crippen molar-refractivity contribution in [2.45, 2.75) is 33.1 Å². The minimum Gasteiger partial charge on any atom is -0.484 e. The summed E-state index contributed by atoms with van der Waals surface area (Å²) in [5, 5.41) is 14.5. The second-order valence-electron chi connectivity index (χ2n) is 6.61. The summed E-state index contributed by atoms with van der Waals surface area (Å²) in [6.45, 7) is 3.53. The zero-order valence-corrected chi connectivity index (χ0v) is 16.7. The van der Waals surface area contributed by atoms with Crippen LogP contribution in [-0.2, 0) is 13.1 Å². The molecule has 2 aromatic heterocycles. The van der Waals surface area contributed by atoms with E-state index in [-0.39, 0.29) is 12.3 Å². The van der Waals surface area contributed by atoms with Gasteiger partial charge in [0.1, 0.15) is 5.75 Å². The van der Waals surface area contributed by atoms with E-state index in [9.17, 15) is 13.2 Å². The fourth-order valence-corrected chi connectivity index (χ4v) is 2.77. The van der Waals surface area contributed by atoms with Crippen molar-refractivity contribution < 1.29 is 17.9 Å². The van der Waals surface area contributed by atoms with Gasteiger partial charge in [0, 0.05) is 18.3 Å². The maximum atomic E-state index is 12.5. The quantitative estimate of drug-likeness (QED) is 0.453. The molecule has 0 aliphatic carbocycles. The van der Waals surface area contributed by atoms with E-state index in [1.807, 2.05) is 41.8 Å². The zero-order valence-electron chi connectivity index (χ0n) is 16.7. The Morgan fingerprint density at radius 1 is 1.17 bits per heavy atom. The molecular formula is C20H23F3N6O. The number of fused-ring (bicyclic) bond motifs is 1. The Bertz CT molecular complexity index is 1020. The van der Waals surface area contributed by atoms with Gasteiger partial charge in [-0.25, -0.2) is 4.99 Å². The zero-order chi connectivity index (χ0) is 21.6. The third kappa shape index (κ3) is 5.85. The molecule has 1 aromatic carbocycles. The van der Waals surface area contributed by atoms with Crippen molar-refractivity contribution in [2.24, 2.45) is 4.99 Å². The molecule has 0 bridgehead atoms. The van der Waals surface area contributed by atoms with E-state index in [4.69, 9.17) is 4.74 Å². The summed E-state index contributed by atoms with van der Waals surface area (Å²) in [4.78, 5) is 4.47. The predicted octanol–water partition coefficient (Wildman–Crippen LogP) is 3.23. The molecule has 0 radical (unpaired) electrons. The number of halogens is 3. The highest BCUT2D eigenvalue weighted by Gasteiger charge is 2.28. The number of rotatable bonds is 7. The van der Waals surface area contributed by atoms with E-state index in [0.717, 1.165) is 11.2 Å². The van der Waals surface area contributed by atoms with Crippen LogP contribution >= 0.6 is 0 Å². The molecule has 0 aliphatic heterocycles. The number of nitrogens with zero attached hydrogens (tertiary/aromatic N) is 4. The number of ether oxygens (including phenoxy) is 1. The monoisotopic (exact) mass is 420 g/mol. The van der Waals surface area contributed by atoms with Crippen molar-refractivity contribution in [1.29, 1.82) is 0 Å². The van der Waals surface area contributed by atoms with Crippen molar-refractivity contribution in [3.8, 4) is 5.75 Å². The number of hydrogen-bond donors (Lipinski definition) is 2. The number of aliphatic imine (C=N–C) groups is 1. The molecule has 2 N–H and O–H groups in total. The normalized spacial score (nSPS) is 12.2. The van der Waals surface area contributed by atoms with Gasteiger partial charge in [-0.1, -0.05) is 18.2 Å². The maximum absolute atomic E-state index is 12.5. The van der Waals surface area contributed by atoms with Gasteiger partial charge in [0.25, 0.3) is 0 Å². The van der Waals surface area contributed by atoms with Gasteiger partial charge in [-0.05, 0) is 37.6 Å². The smallest absolute Gasteiger partial charge is 0.422 e. The minimum atomic E-state index is -4.40. The summed E-state index contributed by atoms with van der Waals surface area (Å²) < 4.78 is 44.5. The van der Waals surface area contributed by atoms with Crippen molar-refractivity contribution in [2.75, 3.05) is 13.2 Å². The van der Waals surface area contributed by atoms with E-state index in [1.165, 1.54) is 0 Å². The van der Waals surface area contributed by atoms with Crippen LogP contribution in [0.1, 0.15) is 23.9 Å². The molecule has 3 rings (SSSR count). The summed E-state index contributed by atoms with van der Waals surface area (Å²) in [6, 6.07) is 10.7. The van der Waals surface area contributed by atoms with Gasteiger partial charge in [-0.15, -0.1) is 10.2 Å². The van der Waals surface area contributed by atoms with Crippen LogP contribution in [0, 0.1) is 6.92 Å².